The minimum absolute atomic E-state index is 0.205. The maximum atomic E-state index is 6.10. The average Bonchev–Trinajstić information content (AvgIpc) is 3.31. The lowest BCUT2D eigenvalue weighted by atomic mass is 10.1. The molecule has 0 radical (unpaired) electrons. The van der Waals surface area contributed by atoms with E-state index in [0.717, 1.165) is 50.0 Å². The predicted molar refractivity (Wildman–Crippen MR) is 106 cm³/mol. The predicted octanol–water partition coefficient (Wildman–Crippen LogP) is 2.86. The Balaban J connectivity index is 1.62. The van der Waals surface area contributed by atoms with Crippen LogP contribution in [0.5, 0.6) is 0 Å². The Morgan fingerprint density at radius 1 is 1.48 bits per heavy atom. The van der Waals surface area contributed by atoms with Crippen LogP contribution in [0.4, 0.5) is 0 Å². The molecule has 3 heterocycles. The first kappa shape index (κ1) is 19.8. The fraction of sp³-hybridized carbons (Fsp3) is 0.579. The van der Waals surface area contributed by atoms with Gasteiger partial charge in [0.15, 0.2) is 5.96 Å². The van der Waals surface area contributed by atoms with Crippen molar-refractivity contribution in [3.05, 3.63) is 41.3 Å². The Labute approximate surface area is 165 Å². The van der Waals surface area contributed by atoms with E-state index < -0.39 is 0 Å². The second-order valence-electron chi connectivity index (χ2n) is 6.82. The van der Waals surface area contributed by atoms with Gasteiger partial charge in [-0.2, -0.15) is 0 Å². The summed E-state index contributed by atoms with van der Waals surface area (Å²) in [5, 5.41) is 4.06. The number of nitrogens with one attached hydrogen (secondary N) is 1. The number of hydrogen-bond donors (Lipinski definition) is 1. The molecule has 1 aliphatic heterocycles. The van der Waals surface area contributed by atoms with Crippen LogP contribution in [-0.4, -0.2) is 53.3 Å². The molecule has 1 atom stereocenters. The summed E-state index contributed by atoms with van der Waals surface area (Å²) in [7, 11) is 3.92. The molecule has 2 aromatic heterocycles. The number of aliphatic imine (C=N–C) groups is 1. The molecular formula is C19H28ClN5O2. The number of imidazole rings is 1. The summed E-state index contributed by atoms with van der Waals surface area (Å²) in [5.41, 5.74) is 0. The van der Waals surface area contributed by atoms with Gasteiger partial charge in [0.1, 0.15) is 16.7 Å². The largest absolute Gasteiger partial charge is 0.469 e. The highest BCUT2D eigenvalue weighted by molar-refractivity contribution is 6.29. The summed E-state index contributed by atoms with van der Waals surface area (Å²) >= 11 is 6.10. The van der Waals surface area contributed by atoms with E-state index in [1.807, 2.05) is 30.8 Å². The third-order valence-electron chi connectivity index (χ3n) is 4.72. The van der Waals surface area contributed by atoms with Crippen LogP contribution in [0.25, 0.3) is 0 Å². The van der Waals surface area contributed by atoms with E-state index in [1.165, 1.54) is 6.42 Å². The maximum absolute atomic E-state index is 6.10. The molecule has 0 aromatic carbocycles. The van der Waals surface area contributed by atoms with E-state index >= 15 is 0 Å². The lowest BCUT2D eigenvalue weighted by Crippen LogP contribution is -2.40. The monoisotopic (exact) mass is 393 g/mol. The van der Waals surface area contributed by atoms with Crippen LogP contribution in [0.15, 0.2) is 34.0 Å². The third-order valence-corrected chi connectivity index (χ3v) is 5.07. The number of ether oxygens (including phenoxy) is 1. The van der Waals surface area contributed by atoms with Gasteiger partial charge >= 0.3 is 0 Å². The number of halogens is 1. The van der Waals surface area contributed by atoms with Crippen molar-refractivity contribution >= 4 is 17.6 Å². The van der Waals surface area contributed by atoms with Gasteiger partial charge in [-0.1, -0.05) is 11.6 Å². The molecule has 8 heteroatoms. The van der Waals surface area contributed by atoms with Crippen LogP contribution < -0.4 is 5.32 Å². The SMILES string of the molecule is CN(Cc1ncc(Cl)n1C)C(=NCC1CCCCO1)NCCc1ccco1. The summed E-state index contributed by atoms with van der Waals surface area (Å²) in [6, 6.07) is 3.88. The minimum atomic E-state index is 0.205. The van der Waals surface area contributed by atoms with Crippen LogP contribution in [0, 0.1) is 0 Å². The van der Waals surface area contributed by atoms with Crippen LogP contribution in [0.2, 0.25) is 5.15 Å². The van der Waals surface area contributed by atoms with Gasteiger partial charge < -0.3 is 23.9 Å². The molecule has 148 valence electrons. The highest BCUT2D eigenvalue weighted by atomic mass is 35.5. The molecule has 1 N–H and O–H groups in total. The molecule has 1 unspecified atom stereocenters. The number of rotatable bonds is 7. The highest BCUT2D eigenvalue weighted by Gasteiger charge is 2.16. The first-order chi connectivity index (χ1) is 13.1. The summed E-state index contributed by atoms with van der Waals surface area (Å²) in [4.78, 5) is 11.2. The fourth-order valence-corrected chi connectivity index (χ4v) is 3.21. The average molecular weight is 394 g/mol. The van der Waals surface area contributed by atoms with Gasteiger partial charge in [-0.3, -0.25) is 4.99 Å². The van der Waals surface area contributed by atoms with E-state index in [-0.39, 0.29) is 6.10 Å². The first-order valence-electron chi connectivity index (χ1n) is 9.43. The third kappa shape index (κ3) is 5.74. The Morgan fingerprint density at radius 2 is 2.37 bits per heavy atom. The van der Waals surface area contributed by atoms with Crippen LogP contribution in [0.1, 0.15) is 30.8 Å². The molecule has 1 fully saturated rings. The lowest BCUT2D eigenvalue weighted by molar-refractivity contribution is 0.0223. The molecule has 0 amide bonds. The quantitative estimate of drug-likeness (QED) is 0.578. The smallest absolute Gasteiger partial charge is 0.194 e. The number of furan rings is 1. The number of guanidine groups is 1. The topological polar surface area (TPSA) is 67.8 Å². The fourth-order valence-electron chi connectivity index (χ4n) is 3.06. The summed E-state index contributed by atoms with van der Waals surface area (Å²) in [6.07, 6.45) is 7.80. The van der Waals surface area contributed by atoms with Gasteiger partial charge in [0, 0.05) is 33.7 Å². The zero-order valence-electron chi connectivity index (χ0n) is 16.0. The standard InChI is InChI=1S/C19H28ClN5O2/c1-24(14-18-22-13-17(20)25(18)2)19(21-9-8-15-7-5-11-26-15)23-12-16-6-3-4-10-27-16/h5,7,11,13,16H,3-4,6,8-10,12,14H2,1-2H3,(H,21,23). The summed E-state index contributed by atoms with van der Waals surface area (Å²) in [6.45, 7) is 2.85. The Morgan fingerprint density at radius 3 is 3.04 bits per heavy atom. The zero-order chi connectivity index (χ0) is 19.1. The maximum Gasteiger partial charge on any atom is 0.194 e. The van der Waals surface area contributed by atoms with Gasteiger partial charge in [-0.15, -0.1) is 0 Å². The number of hydrogen-bond acceptors (Lipinski definition) is 4. The van der Waals surface area contributed by atoms with Crippen molar-refractivity contribution in [2.24, 2.45) is 12.0 Å². The van der Waals surface area contributed by atoms with Crippen LogP contribution >= 0.6 is 11.6 Å². The van der Waals surface area contributed by atoms with E-state index in [0.29, 0.717) is 18.2 Å². The molecule has 0 spiro atoms. The van der Waals surface area contributed by atoms with Crippen molar-refractivity contribution in [1.82, 2.24) is 19.8 Å². The molecule has 27 heavy (non-hydrogen) atoms. The molecule has 1 saturated heterocycles. The van der Waals surface area contributed by atoms with E-state index in [9.17, 15) is 0 Å². The molecule has 2 aromatic rings. The molecule has 1 aliphatic rings. The molecule has 0 aliphatic carbocycles. The van der Waals surface area contributed by atoms with Crippen molar-refractivity contribution in [2.75, 3.05) is 26.7 Å². The van der Waals surface area contributed by atoms with Gasteiger partial charge in [0.2, 0.25) is 0 Å². The zero-order valence-corrected chi connectivity index (χ0v) is 16.8. The van der Waals surface area contributed by atoms with Crippen LogP contribution in [0.3, 0.4) is 0 Å². The molecule has 7 nitrogen and oxygen atoms in total. The van der Waals surface area contributed by atoms with Gasteiger partial charge in [0.25, 0.3) is 0 Å². The van der Waals surface area contributed by atoms with Crippen LogP contribution in [-0.2, 0) is 24.8 Å². The van der Waals surface area contributed by atoms with Gasteiger partial charge in [0.05, 0.1) is 31.7 Å². The first-order valence-corrected chi connectivity index (χ1v) is 9.81. The summed E-state index contributed by atoms with van der Waals surface area (Å²) < 4.78 is 13.1. The Hall–Kier alpha value is -1.99. The molecular weight excluding hydrogens is 366 g/mol. The van der Waals surface area contributed by atoms with E-state index in [1.54, 1.807) is 12.5 Å². The van der Waals surface area contributed by atoms with Crippen molar-refractivity contribution in [1.29, 1.82) is 0 Å². The van der Waals surface area contributed by atoms with Crippen molar-refractivity contribution in [3.8, 4) is 0 Å². The lowest BCUT2D eigenvalue weighted by Gasteiger charge is -2.25. The minimum Gasteiger partial charge on any atom is -0.469 e. The summed E-state index contributed by atoms with van der Waals surface area (Å²) in [5.74, 6) is 2.67. The molecule has 0 bridgehead atoms. The van der Waals surface area contributed by atoms with Gasteiger partial charge in [-0.05, 0) is 31.4 Å². The normalized spacial score (nSPS) is 17.9. The highest BCUT2D eigenvalue weighted by Crippen LogP contribution is 2.14. The second-order valence-corrected chi connectivity index (χ2v) is 7.21. The second kappa shape index (κ2) is 9.80. The van der Waals surface area contributed by atoms with Crippen molar-refractivity contribution in [2.45, 2.75) is 38.3 Å². The molecule has 0 saturated carbocycles. The van der Waals surface area contributed by atoms with Crippen molar-refractivity contribution < 1.29 is 9.15 Å². The number of nitrogens with zero attached hydrogens (tertiary/aromatic N) is 4. The molecule has 3 rings (SSSR count). The Kier molecular flexibility index (Phi) is 7.18. The van der Waals surface area contributed by atoms with Crippen molar-refractivity contribution in [3.63, 3.8) is 0 Å². The van der Waals surface area contributed by atoms with Gasteiger partial charge in [-0.25, -0.2) is 4.98 Å². The Bertz CT molecular complexity index is 723. The number of aromatic nitrogens is 2. The van der Waals surface area contributed by atoms with E-state index in [4.69, 9.17) is 25.7 Å². The van der Waals surface area contributed by atoms with E-state index in [2.05, 4.69) is 15.2 Å².